The number of halogens is 1. The first-order valence-electron chi connectivity index (χ1n) is 5.10. The fraction of sp³-hybridized carbons (Fsp3) is 0.333. The number of alkyl halides is 1. The lowest BCUT2D eigenvalue weighted by atomic mass is 10.1. The van der Waals surface area contributed by atoms with E-state index in [-0.39, 0.29) is 11.3 Å². The molecule has 1 atom stereocenters. The van der Waals surface area contributed by atoms with Gasteiger partial charge >= 0.3 is 0 Å². The molecular formula is C12H11ClN2O. The van der Waals surface area contributed by atoms with Crippen molar-refractivity contribution in [2.24, 2.45) is 0 Å². The predicted octanol–water partition coefficient (Wildman–Crippen LogP) is 1.90. The molecule has 3 nitrogen and oxygen atoms in total. The number of hydrogen-bond acceptors (Lipinski definition) is 2. The van der Waals surface area contributed by atoms with E-state index < -0.39 is 0 Å². The van der Waals surface area contributed by atoms with Crippen LogP contribution in [0.25, 0.3) is 0 Å². The predicted molar refractivity (Wildman–Crippen MR) is 60.8 cm³/mol. The number of nitrogens with zero attached hydrogens (tertiary/aromatic N) is 2. The van der Waals surface area contributed by atoms with Gasteiger partial charge in [-0.1, -0.05) is 12.1 Å². The van der Waals surface area contributed by atoms with Crippen LogP contribution in [0, 0.1) is 11.3 Å². The van der Waals surface area contributed by atoms with Gasteiger partial charge in [-0.2, -0.15) is 5.26 Å². The van der Waals surface area contributed by atoms with Gasteiger partial charge in [0.15, 0.2) is 0 Å². The van der Waals surface area contributed by atoms with E-state index in [1.807, 2.05) is 12.1 Å². The van der Waals surface area contributed by atoms with Crippen LogP contribution in [-0.4, -0.2) is 22.7 Å². The Hall–Kier alpha value is -1.53. The SMILES string of the molecule is N#Cc1cccc(CN2CC(Cl)CC2=O)c1. The van der Waals surface area contributed by atoms with Crippen molar-refractivity contribution in [1.82, 2.24) is 4.90 Å². The van der Waals surface area contributed by atoms with Crippen LogP contribution >= 0.6 is 11.6 Å². The number of rotatable bonds is 2. The second-order valence-electron chi connectivity index (χ2n) is 3.89. The smallest absolute Gasteiger partial charge is 0.224 e. The van der Waals surface area contributed by atoms with Gasteiger partial charge < -0.3 is 4.90 Å². The maximum absolute atomic E-state index is 11.5. The summed E-state index contributed by atoms with van der Waals surface area (Å²) in [5.41, 5.74) is 1.59. The molecule has 2 rings (SSSR count). The fourth-order valence-electron chi connectivity index (χ4n) is 1.84. The third-order valence-corrected chi connectivity index (χ3v) is 2.89. The van der Waals surface area contributed by atoms with Crippen molar-refractivity contribution in [3.05, 3.63) is 35.4 Å². The Morgan fingerprint density at radius 3 is 3.00 bits per heavy atom. The normalized spacial score (nSPS) is 19.9. The molecule has 0 saturated carbocycles. The van der Waals surface area contributed by atoms with Gasteiger partial charge in [0.2, 0.25) is 5.91 Å². The van der Waals surface area contributed by atoms with Gasteiger partial charge in [-0.25, -0.2) is 0 Å². The maximum atomic E-state index is 11.5. The topological polar surface area (TPSA) is 44.1 Å². The summed E-state index contributed by atoms with van der Waals surface area (Å²) >= 11 is 5.91. The van der Waals surface area contributed by atoms with Gasteiger partial charge in [0.1, 0.15) is 0 Å². The fourth-order valence-corrected chi connectivity index (χ4v) is 2.14. The Labute approximate surface area is 99.2 Å². The zero-order valence-corrected chi connectivity index (χ0v) is 9.44. The highest BCUT2D eigenvalue weighted by molar-refractivity contribution is 6.22. The third kappa shape index (κ3) is 2.34. The van der Waals surface area contributed by atoms with E-state index in [1.165, 1.54) is 0 Å². The number of hydrogen-bond donors (Lipinski definition) is 0. The van der Waals surface area contributed by atoms with Crippen LogP contribution < -0.4 is 0 Å². The molecule has 0 bridgehead atoms. The van der Waals surface area contributed by atoms with E-state index in [2.05, 4.69) is 6.07 Å². The molecule has 0 radical (unpaired) electrons. The molecule has 1 aliphatic heterocycles. The van der Waals surface area contributed by atoms with Crippen LogP contribution in [0.5, 0.6) is 0 Å². The maximum Gasteiger partial charge on any atom is 0.224 e. The lowest BCUT2D eigenvalue weighted by Crippen LogP contribution is -2.24. The van der Waals surface area contributed by atoms with E-state index in [1.54, 1.807) is 17.0 Å². The average Bonchev–Trinajstić information content (AvgIpc) is 2.58. The molecular weight excluding hydrogens is 224 g/mol. The van der Waals surface area contributed by atoms with E-state index in [0.29, 0.717) is 25.1 Å². The standard InChI is InChI=1S/C12H11ClN2O/c13-11-5-12(16)15(8-11)7-10-3-1-2-9(4-10)6-14/h1-4,11H,5,7-8H2. The quantitative estimate of drug-likeness (QED) is 0.734. The second kappa shape index (κ2) is 4.54. The summed E-state index contributed by atoms with van der Waals surface area (Å²) in [4.78, 5) is 13.3. The second-order valence-corrected chi connectivity index (χ2v) is 4.51. The van der Waals surface area contributed by atoms with Gasteiger partial charge in [-0.15, -0.1) is 11.6 Å². The van der Waals surface area contributed by atoms with Crippen molar-refractivity contribution in [3.63, 3.8) is 0 Å². The number of carbonyl (C=O) groups excluding carboxylic acids is 1. The van der Waals surface area contributed by atoms with E-state index in [4.69, 9.17) is 16.9 Å². The summed E-state index contributed by atoms with van der Waals surface area (Å²) in [6, 6.07) is 9.37. The van der Waals surface area contributed by atoms with Crippen molar-refractivity contribution in [3.8, 4) is 6.07 Å². The van der Waals surface area contributed by atoms with E-state index >= 15 is 0 Å². The zero-order chi connectivity index (χ0) is 11.5. The summed E-state index contributed by atoms with van der Waals surface area (Å²) in [7, 11) is 0. The van der Waals surface area contributed by atoms with Crippen LogP contribution in [0.3, 0.4) is 0 Å². The van der Waals surface area contributed by atoms with Crippen molar-refractivity contribution < 1.29 is 4.79 Å². The molecule has 1 aromatic carbocycles. The first-order valence-corrected chi connectivity index (χ1v) is 5.53. The van der Waals surface area contributed by atoms with Crippen molar-refractivity contribution in [2.75, 3.05) is 6.54 Å². The molecule has 0 spiro atoms. The van der Waals surface area contributed by atoms with Crippen molar-refractivity contribution in [2.45, 2.75) is 18.3 Å². The highest BCUT2D eigenvalue weighted by Gasteiger charge is 2.27. The van der Waals surface area contributed by atoms with Crippen LogP contribution in [0.4, 0.5) is 0 Å². The van der Waals surface area contributed by atoms with Crippen LogP contribution in [-0.2, 0) is 11.3 Å². The Balaban J connectivity index is 2.09. The monoisotopic (exact) mass is 234 g/mol. The summed E-state index contributed by atoms with van der Waals surface area (Å²) in [6.45, 7) is 1.13. The molecule has 0 aromatic heterocycles. The molecule has 1 aliphatic rings. The molecule has 1 aromatic rings. The highest BCUT2D eigenvalue weighted by atomic mass is 35.5. The summed E-state index contributed by atoms with van der Waals surface area (Å²) < 4.78 is 0. The van der Waals surface area contributed by atoms with Gasteiger partial charge in [-0.3, -0.25) is 4.79 Å². The number of carbonyl (C=O) groups is 1. The highest BCUT2D eigenvalue weighted by Crippen LogP contribution is 2.19. The van der Waals surface area contributed by atoms with Gasteiger partial charge in [-0.05, 0) is 17.7 Å². The molecule has 16 heavy (non-hydrogen) atoms. The molecule has 1 amide bonds. The summed E-state index contributed by atoms with van der Waals surface area (Å²) in [5, 5.41) is 8.69. The number of amides is 1. The molecule has 1 unspecified atom stereocenters. The average molecular weight is 235 g/mol. The van der Waals surface area contributed by atoms with Gasteiger partial charge in [0.25, 0.3) is 0 Å². The summed E-state index contributed by atoms with van der Waals surface area (Å²) in [5.74, 6) is 0.0855. The van der Waals surface area contributed by atoms with Gasteiger partial charge in [0, 0.05) is 19.5 Å². The zero-order valence-electron chi connectivity index (χ0n) is 8.69. The Morgan fingerprint density at radius 1 is 1.56 bits per heavy atom. The molecule has 1 saturated heterocycles. The Morgan fingerprint density at radius 2 is 2.38 bits per heavy atom. The van der Waals surface area contributed by atoms with Crippen LogP contribution in [0.2, 0.25) is 0 Å². The molecule has 1 fully saturated rings. The minimum Gasteiger partial charge on any atom is -0.337 e. The largest absolute Gasteiger partial charge is 0.337 e. The van der Waals surface area contributed by atoms with E-state index in [9.17, 15) is 4.79 Å². The third-order valence-electron chi connectivity index (χ3n) is 2.60. The van der Waals surface area contributed by atoms with Crippen LogP contribution in [0.1, 0.15) is 17.5 Å². The molecule has 0 N–H and O–H groups in total. The minimum atomic E-state index is -0.0772. The number of nitriles is 1. The Kier molecular flexibility index (Phi) is 3.12. The minimum absolute atomic E-state index is 0.0772. The number of benzene rings is 1. The van der Waals surface area contributed by atoms with Crippen molar-refractivity contribution >= 4 is 17.5 Å². The van der Waals surface area contributed by atoms with E-state index in [0.717, 1.165) is 5.56 Å². The molecule has 1 heterocycles. The lowest BCUT2D eigenvalue weighted by molar-refractivity contribution is -0.128. The number of likely N-dealkylation sites (tertiary alicyclic amines) is 1. The van der Waals surface area contributed by atoms with Gasteiger partial charge in [0.05, 0.1) is 17.0 Å². The molecule has 0 aliphatic carbocycles. The lowest BCUT2D eigenvalue weighted by Gasteiger charge is -2.15. The summed E-state index contributed by atoms with van der Waals surface area (Å²) in [6.07, 6.45) is 0.416. The first kappa shape index (κ1) is 11.0. The molecule has 4 heteroatoms. The molecule has 82 valence electrons. The van der Waals surface area contributed by atoms with Crippen molar-refractivity contribution in [1.29, 1.82) is 5.26 Å². The Bertz CT molecular complexity index is 453. The first-order chi connectivity index (χ1) is 7.69. The van der Waals surface area contributed by atoms with Crippen LogP contribution in [0.15, 0.2) is 24.3 Å².